The lowest BCUT2D eigenvalue weighted by molar-refractivity contribution is 0.287. The maximum Gasteiger partial charge on any atom is 0.161 e. The van der Waals surface area contributed by atoms with Gasteiger partial charge in [0.15, 0.2) is 13.5 Å². The Hall–Kier alpha value is -3.22. The van der Waals surface area contributed by atoms with E-state index in [0.29, 0.717) is 13.5 Å². The van der Waals surface area contributed by atoms with Crippen LogP contribution in [0.1, 0.15) is 92.9 Å². The quantitative estimate of drug-likeness (QED) is 0.215. The molecule has 4 aromatic rings. The molecule has 1 saturated carbocycles. The number of benzene rings is 4. The van der Waals surface area contributed by atoms with Crippen molar-refractivity contribution < 1.29 is 9.47 Å². The fraction of sp³-hybridized carbons (Fsp3) is 0.400. The highest BCUT2D eigenvalue weighted by Crippen LogP contribution is 2.46. The van der Waals surface area contributed by atoms with Gasteiger partial charge in [-0.05, 0) is 96.8 Å². The standard InChI is InChI=1S/C40H46N2O2S2/c45-36-16-12-34(13-17-36)41-26-30-24-32(10-20-38(30)43-28-41)40(22-8-6-4-2-1-3-5-7-9-23-40)33-11-21-39-31(25-33)27-42(29-44-39)35-14-18-37(46)19-15-35/h10-21,24-25,45-46H,1-9,22-23,26-29H2. The molecule has 0 N–H and O–H groups in total. The minimum atomic E-state index is -0.0604. The zero-order chi connectivity index (χ0) is 31.3. The van der Waals surface area contributed by atoms with Crippen molar-refractivity contribution in [2.24, 2.45) is 0 Å². The third-order valence-electron chi connectivity index (χ3n) is 10.3. The molecule has 240 valence electrons. The normalized spacial score (nSPS) is 18.7. The van der Waals surface area contributed by atoms with Crippen molar-refractivity contribution in [2.75, 3.05) is 23.3 Å². The summed E-state index contributed by atoms with van der Waals surface area (Å²) < 4.78 is 12.7. The smallest absolute Gasteiger partial charge is 0.161 e. The van der Waals surface area contributed by atoms with Crippen LogP contribution in [0.3, 0.4) is 0 Å². The summed E-state index contributed by atoms with van der Waals surface area (Å²) in [4.78, 5) is 6.59. The number of hydrogen-bond donors (Lipinski definition) is 2. The Bertz CT molecular complexity index is 1500. The van der Waals surface area contributed by atoms with Gasteiger partial charge in [0, 0.05) is 50.8 Å². The molecule has 0 spiro atoms. The molecule has 3 aliphatic rings. The topological polar surface area (TPSA) is 24.9 Å². The van der Waals surface area contributed by atoms with Gasteiger partial charge in [0.25, 0.3) is 0 Å². The highest BCUT2D eigenvalue weighted by molar-refractivity contribution is 7.80. The summed E-state index contributed by atoms with van der Waals surface area (Å²) >= 11 is 8.99. The SMILES string of the molecule is Sc1ccc(N2COc3ccc(C4(c5ccc6c(c5)CN(c5ccc(S)cc5)CO6)CCCCCCCCCCC4)cc3C2)cc1. The molecule has 1 fully saturated rings. The zero-order valence-corrected chi connectivity index (χ0v) is 28.6. The molecule has 4 nitrogen and oxygen atoms in total. The molecule has 0 saturated heterocycles. The van der Waals surface area contributed by atoms with Crippen LogP contribution in [-0.4, -0.2) is 13.5 Å². The summed E-state index contributed by atoms with van der Waals surface area (Å²) in [5, 5.41) is 0. The zero-order valence-electron chi connectivity index (χ0n) is 26.8. The summed E-state index contributed by atoms with van der Waals surface area (Å²) in [7, 11) is 0. The molecule has 0 amide bonds. The lowest BCUT2D eigenvalue weighted by Gasteiger charge is -2.39. The highest BCUT2D eigenvalue weighted by atomic mass is 32.1. The van der Waals surface area contributed by atoms with Crippen molar-refractivity contribution >= 4 is 36.6 Å². The Morgan fingerprint density at radius 1 is 0.478 bits per heavy atom. The third kappa shape index (κ3) is 6.89. The summed E-state index contributed by atoms with van der Waals surface area (Å²) in [5.41, 5.74) is 7.66. The van der Waals surface area contributed by atoms with Crippen LogP contribution in [0, 0.1) is 0 Å². The minimum absolute atomic E-state index is 0.0604. The van der Waals surface area contributed by atoms with Gasteiger partial charge in [0.1, 0.15) is 11.5 Å². The first kappa shape index (κ1) is 31.4. The number of nitrogens with zero attached hydrogens (tertiary/aromatic N) is 2. The Morgan fingerprint density at radius 2 is 0.870 bits per heavy atom. The van der Waals surface area contributed by atoms with Crippen LogP contribution in [-0.2, 0) is 18.5 Å². The monoisotopic (exact) mass is 650 g/mol. The molecule has 2 aliphatic heterocycles. The van der Waals surface area contributed by atoms with Gasteiger partial charge >= 0.3 is 0 Å². The molecule has 0 radical (unpaired) electrons. The first-order chi connectivity index (χ1) is 22.6. The second-order valence-electron chi connectivity index (χ2n) is 13.4. The van der Waals surface area contributed by atoms with Crippen LogP contribution in [0.15, 0.2) is 94.7 Å². The number of anilines is 2. The van der Waals surface area contributed by atoms with Crippen LogP contribution in [0.4, 0.5) is 11.4 Å². The molecule has 2 heterocycles. The van der Waals surface area contributed by atoms with Gasteiger partial charge in [0.2, 0.25) is 0 Å². The molecule has 46 heavy (non-hydrogen) atoms. The van der Waals surface area contributed by atoms with E-state index >= 15 is 0 Å². The number of ether oxygens (including phenoxy) is 2. The van der Waals surface area contributed by atoms with E-state index in [-0.39, 0.29) is 5.41 Å². The Morgan fingerprint density at radius 3 is 1.28 bits per heavy atom. The summed E-state index contributed by atoms with van der Waals surface area (Å²) in [6, 6.07) is 31.0. The maximum absolute atomic E-state index is 6.33. The maximum atomic E-state index is 6.33. The second kappa shape index (κ2) is 14.3. The number of hydrogen-bond acceptors (Lipinski definition) is 6. The van der Waals surface area contributed by atoms with Crippen LogP contribution >= 0.6 is 25.3 Å². The predicted octanol–water partition coefficient (Wildman–Crippen LogP) is 10.6. The van der Waals surface area contributed by atoms with Gasteiger partial charge in [-0.3, -0.25) is 0 Å². The molecule has 0 unspecified atom stereocenters. The largest absolute Gasteiger partial charge is 0.473 e. The number of thiol groups is 2. The van der Waals surface area contributed by atoms with E-state index in [9.17, 15) is 0 Å². The number of rotatable bonds is 4. The lowest BCUT2D eigenvalue weighted by atomic mass is 9.67. The Kier molecular flexibility index (Phi) is 9.74. The van der Waals surface area contributed by atoms with Crippen LogP contribution in [0.2, 0.25) is 0 Å². The molecule has 0 aromatic heterocycles. The van der Waals surface area contributed by atoms with Gasteiger partial charge in [-0.1, -0.05) is 69.9 Å². The minimum Gasteiger partial charge on any atom is -0.473 e. The van der Waals surface area contributed by atoms with Crippen LogP contribution < -0.4 is 19.3 Å². The molecule has 4 aromatic carbocycles. The van der Waals surface area contributed by atoms with Crippen molar-refractivity contribution in [3.8, 4) is 11.5 Å². The van der Waals surface area contributed by atoms with E-state index in [1.54, 1.807) is 0 Å². The fourth-order valence-corrected chi connectivity index (χ4v) is 8.00. The van der Waals surface area contributed by atoms with E-state index in [1.807, 2.05) is 0 Å². The lowest BCUT2D eigenvalue weighted by Crippen LogP contribution is -2.34. The summed E-state index contributed by atoms with van der Waals surface area (Å²) in [6.07, 6.45) is 14.2. The van der Waals surface area contributed by atoms with E-state index in [0.717, 1.165) is 58.6 Å². The number of fused-ring (bicyclic) bond motifs is 2. The average Bonchev–Trinajstić information content (AvgIpc) is 3.08. The van der Waals surface area contributed by atoms with Crippen molar-refractivity contribution in [3.05, 3.63) is 107 Å². The predicted molar refractivity (Wildman–Crippen MR) is 195 cm³/mol. The Balaban J connectivity index is 1.25. The summed E-state index contributed by atoms with van der Waals surface area (Å²) in [5.74, 6) is 2.02. The van der Waals surface area contributed by atoms with Crippen LogP contribution in [0.25, 0.3) is 0 Å². The van der Waals surface area contributed by atoms with Gasteiger partial charge in [-0.15, -0.1) is 25.3 Å². The van der Waals surface area contributed by atoms with Crippen molar-refractivity contribution in [3.63, 3.8) is 0 Å². The van der Waals surface area contributed by atoms with E-state index in [2.05, 4.69) is 120 Å². The molecule has 0 atom stereocenters. The van der Waals surface area contributed by atoms with Crippen LogP contribution in [0.5, 0.6) is 11.5 Å². The Labute approximate surface area is 285 Å². The third-order valence-corrected chi connectivity index (χ3v) is 10.9. The van der Waals surface area contributed by atoms with E-state index in [4.69, 9.17) is 9.47 Å². The average molecular weight is 651 g/mol. The van der Waals surface area contributed by atoms with Gasteiger partial charge in [-0.2, -0.15) is 0 Å². The molecular weight excluding hydrogens is 605 g/mol. The van der Waals surface area contributed by atoms with E-state index in [1.165, 1.54) is 80.0 Å². The second-order valence-corrected chi connectivity index (χ2v) is 14.4. The molecule has 1 aliphatic carbocycles. The van der Waals surface area contributed by atoms with Gasteiger partial charge in [-0.25, -0.2) is 0 Å². The highest BCUT2D eigenvalue weighted by Gasteiger charge is 2.36. The van der Waals surface area contributed by atoms with Crippen molar-refractivity contribution in [1.29, 1.82) is 0 Å². The van der Waals surface area contributed by atoms with Crippen molar-refractivity contribution in [1.82, 2.24) is 0 Å². The first-order valence-electron chi connectivity index (χ1n) is 17.2. The fourth-order valence-electron chi connectivity index (χ4n) is 7.70. The molecule has 0 bridgehead atoms. The molecule has 7 rings (SSSR count). The summed E-state index contributed by atoms with van der Waals surface area (Å²) in [6.45, 7) is 2.79. The first-order valence-corrected chi connectivity index (χ1v) is 18.1. The van der Waals surface area contributed by atoms with Crippen molar-refractivity contribution in [2.45, 2.75) is 98.9 Å². The van der Waals surface area contributed by atoms with E-state index < -0.39 is 0 Å². The molecular formula is C40H46N2O2S2. The molecule has 6 heteroatoms. The van der Waals surface area contributed by atoms with Gasteiger partial charge < -0.3 is 19.3 Å². The van der Waals surface area contributed by atoms with Gasteiger partial charge in [0.05, 0.1) is 0 Å².